The van der Waals surface area contributed by atoms with Gasteiger partial charge in [-0.1, -0.05) is 48.5 Å². The predicted octanol–water partition coefficient (Wildman–Crippen LogP) is -3.14. The fourth-order valence-electron chi connectivity index (χ4n) is 6.82. The number of aliphatic imine (C=N–C) groups is 1. The predicted molar refractivity (Wildman–Crippen MR) is 234 cm³/mol. The highest BCUT2D eigenvalue weighted by molar-refractivity contribution is 5.98. The van der Waals surface area contributed by atoms with E-state index in [0.717, 1.165) is 10.9 Å². The van der Waals surface area contributed by atoms with Crippen LogP contribution in [0.1, 0.15) is 56.6 Å². The average Bonchev–Trinajstić information content (AvgIpc) is 3.66. The maximum Gasteiger partial charge on any atom is 0.243 e. The zero-order valence-electron chi connectivity index (χ0n) is 35.5. The molecular formula is C42H57N13O9. The van der Waals surface area contributed by atoms with E-state index in [4.69, 9.17) is 17.2 Å². The van der Waals surface area contributed by atoms with Crippen LogP contribution in [-0.2, 0) is 56.0 Å². The fourth-order valence-corrected chi connectivity index (χ4v) is 6.82. The molecule has 1 fully saturated rings. The molecule has 22 heteroatoms. The molecule has 1 aliphatic heterocycles. The first-order valence-corrected chi connectivity index (χ1v) is 20.8. The number of benzene rings is 2. The normalized spacial score (nSPS) is 21.1. The molecule has 15 N–H and O–H groups in total. The lowest BCUT2D eigenvalue weighted by Crippen LogP contribution is -2.59. The summed E-state index contributed by atoms with van der Waals surface area (Å²) in [6, 6.07) is 9.40. The largest absolute Gasteiger partial charge is 0.370 e. The van der Waals surface area contributed by atoms with Gasteiger partial charge in [0.15, 0.2) is 5.96 Å². The number of aromatic amines is 1. The number of carbonyl (C=O) groups excluding carboxylic acids is 9. The fraction of sp³-hybridized carbons (Fsp3) is 0.429. The number of fused-ring (bicyclic) bond motifs is 1. The van der Waals surface area contributed by atoms with Crippen molar-refractivity contribution in [3.05, 3.63) is 71.9 Å². The third kappa shape index (κ3) is 16.4. The number of nitrogens with zero attached hydrogens (tertiary/aromatic N) is 1. The molecule has 1 aromatic heterocycles. The highest BCUT2D eigenvalue weighted by atomic mass is 16.2. The topological polar surface area (TPSA) is 356 Å². The smallest absolute Gasteiger partial charge is 0.243 e. The minimum absolute atomic E-state index is 0.0243. The van der Waals surface area contributed by atoms with Crippen molar-refractivity contribution >= 4 is 70.0 Å². The molecule has 1 aliphatic rings. The quantitative estimate of drug-likeness (QED) is 0.0490. The summed E-state index contributed by atoms with van der Waals surface area (Å²) in [5, 5.41) is 21.2. The maximum absolute atomic E-state index is 14.3. The van der Waals surface area contributed by atoms with Crippen molar-refractivity contribution in [2.24, 2.45) is 22.2 Å². The van der Waals surface area contributed by atoms with Crippen LogP contribution in [0.4, 0.5) is 0 Å². The standard InChI is InChI=1S/C42H57N13O9/c1-24(56)48-22-35(58)52-33-20-34(57)46-16-8-7-14-29(37(43)60)53-41(64)32(19-26-21-49-28-13-6-5-12-27(26)28)55-39(62)30(15-9-17-47-42(44)45)54-40(63)31(18-25-10-3-2-4-11-25)51-36(59)23-50-38(33)61/h2-6,10-13,21,29-33,49H,7-9,14-20,22-23H2,1H3,(H2,43,60)(H,46,57)(H,48,56)(H,50,61)(H,51,59)(H,52,58)(H,53,64)(H,54,63)(H,55,62)(H4,44,45,47)/t29?,30-,31?,32-,33?/m0/s1. The van der Waals surface area contributed by atoms with Gasteiger partial charge in [-0.3, -0.25) is 48.1 Å². The summed E-state index contributed by atoms with van der Waals surface area (Å²) in [7, 11) is 0. The molecule has 9 amide bonds. The molecule has 22 nitrogen and oxygen atoms in total. The second kappa shape index (κ2) is 24.8. The van der Waals surface area contributed by atoms with Gasteiger partial charge in [-0.2, -0.15) is 0 Å². The second-order valence-electron chi connectivity index (χ2n) is 15.2. The van der Waals surface area contributed by atoms with Crippen LogP contribution in [0, 0.1) is 0 Å². The number of amides is 9. The van der Waals surface area contributed by atoms with Gasteiger partial charge in [-0.05, 0) is 49.3 Å². The number of carbonyl (C=O) groups is 9. The third-order valence-electron chi connectivity index (χ3n) is 10.1. The molecule has 1 saturated heterocycles. The minimum Gasteiger partial charge on any atom is -0.370 e. The molecule has 0 aliphatic carbocycles. The number of hydrogen-bond acceptors (Lipinski definition) is 10. The minimum atomic E-state index is -1.48. The lowest BCUT2D eigenvalue weighted by Gasteiger charge is -2.26. The third-order valence-corrected chi connectivity index (χ3v) is 10.1. The Kier molecular flexibility index (Phi) is 19.0. The zero-order valence-corrected chi connectivity index (χ0v) is 35.5. The summed E-state index contributed by atoms with van der Waals surface area (Å²) < 4.78 is 0. The van der Waals surface area contributed by atoms with Crippen LogP contribution in [0.15, 0.2) is 65.8 Å². The Labute approximate surface area is 368 Å². The van der Waals surface area contributed by atoms with E-state index >= 15 is 0 Å². The van der Waals surface area contributed by atoms with E-state index < -0.39 is 103 Å². The van der Waals surface area contributed by atoms with Crippen molar-refractivity contribution in [3.63, 3.8) is 0 Å². The first kappa shape index (κ1) is 49.1. The number of primary amides is 1. The molecule has 3 aromatic rings. The Balaban J connectivity index is 1.69. The molecular weight excluding hydrogens is 831 g/mol. The van der Waals surface area contributed by atoms with Gasteiger partial charge in [-0.25, -0.2) is 0 Å². The van der Waals surface area contributed by atoms with Gasteiger partial charge in [0.1, 0.15) is 30.2 Å². The lowest BCUT2D eigenvalue weighted by molar-refractivity contribution is -0.134. The van der Waals surface area contributed by atoms with E-state index in [1.807, 2.05) is 24.3 Å². The highest BCUT2D eigenvalue weighted by Crippen LogP contribution is 2.20. The SMILES string of the molecule is CC(=O)NCC(=O)NC1CC(=O)NCCCCC(C(N)=O)NC(=O)[C@H](Cc2c[nH]c3ccccc23)NC(=O)[C@H](CCCN=C(N)N)NC(=O)C(Cc2ccccc2)NC(=O)CNC1=O. The summed E-state index contributed by atoms with van der Waals surface area (Å²) >= 11 is 0. The second-order valence-corrected chi connectivity index (χ2v) is 15.2. The number of hydrogen-bond donors (Lipinski definition) is 12. The zero-order chi connectivity index (χ0) is 46.6. The van der Waals surface area contributed by atoms with Crippen LogP contribution in [0.2, 0.25) is 0 Å². The number of para-hydroxylation sites is 1. The molecule has 2 heterocycles. The Bertz CT molecular complexity index is 2170. The van der Waals surface area contributed by atoms with Crippen molar-refractivity contribution in [1.29, 1.82) is 0 Å². The molecule has 0 radical (unpaired) electrons. The van der Waals surface area contributed by atoms with Gasteiger partial charge in [0.05, 0.1) is 19.5 Å². The van der Waals surface area contributed by atoms with E-state index in [2.05, 4.69) is 52.5 Å². The van der Waals surface area contributed by atoms with E-state index in [1.54, 1.807) is 36.5 Å². The Morgan fingerprint density at radius 3 is 2.14 bits per heavy atom. The van der Waals surface area contributed by atoms with Crippen LogP contribution in [-0.4, -0.2) is 120 Å². The van der Waals surface area contributed by atoms with Gasteiger partial charge in [-0.15, -0.1) is 0 Å². The van der Waals surface area contributed by atoms with Crippen molar-refractivity contribution in [1.82, 2.24) is 47.5 Å². The number of guanidine groups is 1. The average molecular weight is 888 g/mol. The molecule has 0 spiro atoms. The van der Waals surface area contributed by atoms with E-state index in [1.165, 1.54) is 6.92 Å². The summed E-state index contributed by atoms with van der Waals surface area (Å²) in [4.78, 5) is 126. The van der Waals surface area contributed by atoms with E-state index in [0.29, 0.717) is 17.5 Å². The van der Waals surface area contributed by atoms with Crippen LogP contribution >= 0.6 is 0 Å². The van der Waals surface area contributed by atoms with Crippen molar-refractivity contribution < 1.29 is 43.2 Å². The maximum atomic E-state index is 14.3. The van der Waals surface area contributed by atoms with Gasteiger partial charge in [0.25, 0.3) is 0 Å². The summed E-state index contributed by atoms with van der Waals surface area (Å²) in [6.07, 6.45) is 1.86. The van der Waals surface area contributed by atoms with Crippen LogP contribution in [0.25, 0.3) is 10.9 Å². The number of nitrogens with two attached hydrogens (primary N) is 3. The van der Waals surface area contributed by atoms with Gasteiger partial charge in [0, 0.05) is 50.0 Å². The number of aromatic nitrogens is 1. The van der Waals surface area contributed by atoms with Crippen LogP contribution < -0.4 is 59.7 Å². The molecule has 5 atom stereocenters. The van der Waals surface area contributed by atoms with Gasteiger partial charge >= 0.3 is 0 Å². The molecule has 2 aromatic carbocycles. The Morgan fingerprint density at radius 2 is 1.42 bits per heavy atom. The van der Waals surface area contributed by atoms with Crippen LogP contribution in [0.5, 0.6) is 0 Å². The van der Waals surface area contributed by atoms with E-state index in [9.17, 15) is 43.2 Å². The monoisotopic (exact) mass is 887 g/mol. The summed E-state index contributed by atoms with van der Waals surface area (Å²) in [5.41, 5.74) is 18.8. The first-order valence-electron chi connectivity index (χ1n) is 20.8. The van der Waals surface area contributed by atoms with Crippen LogP contribution in [0.3, 0.4) is 0 Å². The molecule has 344 valence electrons. The highest BCUT2D eigenvalue weighted by Gasteiger charge is 2.32. The Hall–Kier alpha value is -7.52. The molecule has 64 heavy (non-hydrogen) atoms. The number of rotatable bonds is 12. The van der Waals surface area contributed by atoms with Gasteiger partial charge < -0.3 is 64.7 Å². The lowest BCUT2D eigenvalue weighted by atomic mass is 10.0. The molecule has 0 bridgehead atoms. The van der Waals surface area contributed by atoms with Crippen molar-refractivity contribution in [3.8, 4) is 0 Å². The van der Waals surface area contributed by atoms with E-state index in [-0.39, 0.29) is 57.6 Å². The summed E-state index contributed by atoms with van der Waals surface area (Å²) in [6.45, 7) is 0.163. The van der Waals surface area contributed by atoms with Crippen molar-refractivity contribution in [2.45, 2.75) is 88.5 Å². The molecule has 3 unspecified atom stereocenters. The number of H-pyrrole nitrogens is 1. The molecule has 0 saturated carbocycles. The molecule has 4 rings (SSSR count). The van der Waals surface area contributed by atoms with Gasteiger partial charge in [0.2, 0.25) is 53.2 Å². The first-order chi connectivity index (χ1) is 30.6. The Morgan fingerprint density at radius 1 is 0.750 bits per heavy atom. The summed E-state index contributed by atoms with van der Waals surface area (Å²) in [5.74, 6) is -7.03. The van der Waals surface area contributed by atoms with Crippen molar-refractivity contribution in [2.75, 3.05) is 26.2 Å². The number of nitrogens with one attached hydrogen (secondary N) is 9.